The molecular formula is C65H69BN2S. The van der Waals surface area contributed by atoms with Crippen LogP contribution in [0.4, 0.5) is 34.1 Å². The minimum atomic E-state index is -0.0454. The standard InChI is InChI=1S/C65H69BN2S/c1-40-20-18-19-23-47(40)42-34-55-58-56(35-42)68(53-30-25-43(61(2,3)4)36-49(53)41-21-16-15-17-22-41)54-31-26-44(62(5,6)7)37-52(54)66(58)60-59(48-28-24-45(63(8,9)10)38-57(48)69-60)67(55)46-27-29-50-51(39-46)65(13,14)33-32-64(50,11)12/h15-31,34-39H,32-33H2,1-14H3. The summed E-state index contributed by atoms with van der Waals surface area (Å²) in [5, 5.41) is 1.33. The van der Waals surface area contributed by atoms with Gasteiger partial charge in [0, 0.05) is 43.2 Å². The predicted octanol–water partition coefficient (Wildman–Crippen LogP) is 16.9. The van der Waals surface area contributed by atoms with Crippen LogP contribution in [-0.2, 0) is 27.1 Å². The van der Waals surface area contributed by atoms with Crippen LogP contribution in [0.2, 0.25) is 0 Å². The molecule has 3 heterocycles. The van der Waals surface area contributed by atoms with E-state index in [-0.39, 0.29) is 33.8 Å². The number of anilines is 6. The summed E-state index contributed by atoms with van der Waals surface area (Å²) in [5.41, 5.74) is 23.6. The van der Waals surface area contributed by atoms with Crippen LogP contribution in [0.25, 0.3) is 32.3 Å². The lowest BCUT2D eigenvalue weighted by atomic mass is 9.36. The highest BCUT2D eigenvalue weighted by Crippen LogP contribution is 2.54. The molecule has 1 aromatic heterocycles. The highest BCUT2D eigenvalue weighted by atomic mass is 32.1. The van der Waals surface area contributed by atoms with E-state index in [4.69, 9.17) is 0 Å². The van der Waals surface area contributed by atoms with Gasteiger partial charge in [-0.25, -0.2) is 0 Å². The van der Waals surface area contributed by atoms with Crippen molar-refractivity contribution in [2.75, 3.05) is 9.80 Å². The zero-order chi connectivity index (χ0) is 48.7. The zero-order valence-corrected chi connectivity index (χ0v) is 44.4. The average Bonchev–Trinajstić information content (AvgIpc) is 3.68. The van der Waals surface area contributed by atoms with Crippen LogP contribution in [-0.4, -0.2) is 6.71 Å². The number of benzene rings is 7. The summed E-state index contributed by atoms with van der Waals surface area (Å²) in [6, 6.07) is 54.7. The summed E-state index contributed by atoms with van der Waals surface area (Å²) in [4.78, 5) is 5.36. The molecular weight excluding hydrogens is 852 g/mol. The van der Waals surface area contributed by atoms with Crippen molar-refractivity contribution < 1.29 is 0 Å². The van der Waals surface area contributed by atoms with Crippen molar-refractivity contribution in [2.24, 2.45) is 0 Å². The summed E-state index contributed by atoms with van der Waals surface area (Å²) >= 11 is 2.02. The van der Waals surface area contributed by atoms with Crippen LogP contribution < -0.4 is 25.5 Å². The van der Waals surface area contributed by atoms with E-state index in [1.807, 2.05) is 11.3 Å². The molecule has 348 valence electrons. The molecule has 0 bridgehead atoms. The maximum absolute atomic E-state index is 2.71. The highest BCUT2D eigenvalue weighted by Gasteiger charge is 2.47. The molecule has 0 N–H and O–H groups in total. The molecule has 0 fully saturated rings. The Morgan fingerprint density at radius 2 is 1.07 bits per heavy atom. The molecule has 7 aromatic carbocycles. The molecule has 69 heavy (non-hydrogen) atoms. The lowest BCUT2D eigenvalue weighted by molar-refractivity contribution is 0.332. The molecule has 0 radical (unpaired) electrons. The van der Waals surface area contributed by atoms with Crippen molar-refractivity contribution in [1.29, 1.82) is 0 Å². The third kappa shape index (κ3) is 7.42. The fourth-order valence-electron chi connectivity index (χ4n) is 11.8. The molecule has 0 saturated heterocycles. The second-order valence-electron chi connectivity index (χ2n) is 25.0. The van der Waals surface area contributed by atoms with Gasteiger partial charge in [-0.2, -0.15) is 0 Å². The van der Waals surface area contributed by atoms with Gasteiger partial charge in [0.1, 0.15) is 0 Å². The van der Waals surface area contributed by atoms with E-state index in [1.165, 1.54) is 128 Å². The van der Waals surface area contributed by atoms with E-state index < -0.39 is 0 Å². The summed E-state index contributed by atoms with van der Waals surface area (Å²) in [6.07, 6.45) is 2.35. The maximum Gasteiger partial charge on any atom is 0.264 e. The van der Waals surface area contributed by atoms with Gasteiger partial charge < -0.3 is 9.80 Å². The number of hydrogen-bond donors (Lipinski definition) is 0. The molecule has 8 aromatic rings. The number of aryl methyl sites for hydroxylation is 1. The Kier molecular flexibility index (Phi) is 10.3. The van der Waals surface area contributed by atoms with Crippen LogP contribution in [0, 0.1) is 6.92 Å². The Bertz CT molecular complexity index is 3360. The monoisotopic (exact) mass is 921 g/mol. The first-order chi connectivity index (χ1) is 32.5. The van der Waals surface area contributed by atoms with E-state index in [0.717, 1.165) is 0 Å². The van der Waals surface area contributed by atoms with Gasteiger partial charge in [0.25, 0.3) is 6.71 Å². The van der Waals surface area contributed by atoms with E-state index in [1.54, 1.807) is 0 Å². The van der Waals surface area contributed by atoms with Gasteiger partial charge in [0.2, 0.25) is 0 Å². The largest absolute Gasteiger partial charge is 0.311 e. The number of thiophene rings is 1. The third-order valence-electron chi connectivity index (χ3n) is 16.1. The van der Waals surface area contributed by atoms with Crippen LogP contribution in [0.15, 0.2) is 140 Å². The second kappa shape index (κ2) is 15.6. The highest BCUT2D eigenvalue weighted by molar-refractivity contribution is 7.33. The molecule has 0 spiro atoms. The topological polar surface area (TPSA) is 6.48 Å². The molecule has 0 unspecified atom stereocenters. The van der Waals surface area contributed by atoms with Crippen molar-refractivity contribution in [3.05, 3.63) is 173 Å². The molecule has 2 aliphatic heterocycles. The minimum absolute atomic E-state index is 0.0123. The second-order valence-corrected chi connectivity index (χ2v) is 26.1. The Balaban J connectivity index is 1.31. The Morgan fingerprint density at radius 3 is 1.74 bits per heavy atom. The molecule has 0 atom stereocenters. The van der Waals surface area contributed by atoms with Gasteiger partial charge in [-0.1, -0.05) is 181 Å². The third-order valence-corrected chi connectivity index (χ3v) is 17.3. The van der Waals surface area contributed by atoms with Gasteiger partial charge >= 0.3 is 0 Å². The van der Waals surface area contributed by atoms with Crippen molar-refractivity contribution in [1.82, 2.24) is 0 Å². The number of hydrogen-bond acceptors (Lipinski definition) is 3. The molecule has 1 aliphatic carbocycles. The summed E-state index contributed by atoms with van der Waals surface area (Å²) in [6.45, 7) is 33.2. The Hall–Kier alpha value is -5.84. The first-order valence-electron chi connectivity index (χ1n) is 25.4. The van der Waals surface area contributed by atoms with Gasteiger partial charge in [0.15, 0.2) is 0 Å². The minimum Gasteiger partial charge on any atom is -0.311 e. The molecule has 11 rings (SSSR count). The number of fused-ring (bicyclic) bond motifs is 7. The molecule has 0 saturated carbocycles. The Labute approximate surface area is 417 Å². The van der Waals surface area contributed by atoms with Gasteiger partial charge in [-0.05, 0) is 156 Å². The van der Waals surface area contributed by atoms with Crippen molar-refractivity contribution in [3.8, 4) is 22.3 Å². The average molecular weight is 921 g/mol. The van der Waals surface area contributed by atoms with E-state index in [9.17, 15) is 0 Å². The van der Waals surface area contributed by atoms with Crippen molar-refractivity contribution in [3.63, 3.8) is 0 Å². The van der Waals surface area contributed by atoms with E-state index in [0.29, 0.717) is 0 Å². The van der Waals surface area contributed by atoms with Crippen LogP contribution >= 0.6 is 11.3 Å². The molecule has 0 amide bonds. The predicted molar refractivity (Wildman–Crippen MR) is 303 cm³/mol. The Morgan fingerprint density at radius 1 is 0.493 bits per heavy atom. The quantitative estimate of drug-likeness (QED) is 0.162. The fraction of sp³-hybridized carbons (Fsp3) is 0.323. The maximum atomic E-state index is 2.71. The van der Waals surface area contributed by atoms with Gasteiger partial charge in [0.05, 0.1) is 11.4 Å². The lowest BCUT2D eigenvalue weighted by Gasteiger charge is -2.45. The summed E-state index contributed by atoms with van der Waals surface area (Å²) < 4.78 is 2.77. The van der Waals surface area contributed by atoms with Crippen LogP contribution in [0.5, 0.6) is 0 Å². The van der Waals surface area contributed by atoms with Crippen LogP contribution in [0.3, 0.4) is 0 Å². The SMILES string of the molecule is Cc1ccccc1-c1cc2c3c(c1)N(c1ccc4c(c1)C(C)(C)CCC4(C)C)c1c(sc4cc(C(C)(C)C)ccc14)B3c1cc(C(C)(C)C)ccc1N2c1ccc(C(C)(C)C)cc1-c1ccccc1. The first-order valence-corrected chi connectivity index (χ1v) is 26.2. The van der Waals surface area contributed by atoms with Crippen molar-refractivity contribution in [2.45, 2.75) is 137 Å². The molecule has 3 aliphatic rings. The zero-order valence-electron chi connectivity index (χ0n) is 43.6. The fourth-order valence-corrected chi connectivity index (χ4v) is 13.1. The number of nitrogens with zero attached hydrogens (tertiary/aromatic N) is 2. The first kappa shape index (κ1) is 45.6. The summed E-state index contributed by atoms with van der Waals surface area (Å²) in [7, 11) is 0. The van der Waals surface area contributed by atoms with Gasteiger partial charge in [-0.3, -0.25) is 0 Å². The summed E-state index contributed by atoms with van der Waals surface area (Å²) in [5.74, 6) is 0. The smallest absolute Gasteiger partial charge is 0.264 e. The van der Waals surface area contributed by atoms with E-state index >= 15 is 0 Å². The van der Waals surface area contributed by atoms with E-state index in [2.05, 4.69) is 246 Å². The van der Waals surface area contributed by atoms with Crippen molar-refractivity contribution >= 4 is 78.0 Å². The molecule has 4 heteroatoms. The molecule has 2 nitrogen and oxygen atoms in total. The van der Waals surface area contributed by atoms with Crippen LogP contribution in [0.1, 0.15) is 136 Å². The lowest BCUT2D eigenvalue weighted by Crippen LogP contribution is -2.60. The van der Waals surface area contributed by atoms with Gasteiger partial charge in [-0.15, -0.1) is 11.3 Å². The number of rotatable bonds is 4. The normalized spacial score (nSPS) is 16.0.